The Morgan fingerprint density at radius 1 is 1.33 bits per heavy atom. The van der Waals surface area contributed by atoms with Crippen molar-refractivity contribution in [1.29, 1.82) is 0 Å². The van der Waals surface area contributed by atoms with E-state index < -0.39 is 0 Å². The lowest BCUT2D eigenvalue weighted by Crippen LogP contribution is -2.42. The van der Waals surface area contributed by atoms with E-state index >= 15 is 0 Å². The van der Waals surface area contributed by atoms with Gasteiger partial charge in [0, 0.05) is 17.6 Å². The number of nitrogens with zero attached hydrogens (tertiary/aromatic N) is 2. The van der Waals surface area contributed by atoms with Crippen molar-refractivity contribution in [3.05, 3.63) is 34.3 Å². The molecule has 3 nitrogen and oxygen atoms in total. The predicted molar refractivity (Wildman–Crippen MR) is 79.4 cm³/mol. The molecule has 0 atom stereocenters. The number of rotatable bonds is 2. The van der Waals surface area contributed by atoms with Crippen LogP contribution in [0, 0.1) is 5.92 Å². The number of benzene rings is 1. The Morgan fingerprint density at radius 3 is 2.56 bits per heavy atom. The molecule has 1 fully saturated rings. The number of halogens is 1. The normalized spacial score (nSPS) is 18.1. The summed E-state index contributed by atoms with van der Waals surface area (Å²) in [5, 5.41) is 0. The van der Waals surface area contributed by atoms with Crippen LogP contribution >= 0.6 is 15.9 Å². The molecule has 98 valence electrons. The number of aliphatic imine (C=N–C) groups is 1. The molecule has 0 spiro atoms. The van der Waals surface area contributed by atoms with Gasteiger partial charge in [0.15, 0.2) is 5.96 Å². The molecule has 1 aromatic carbocycles. The summed E-state index contributed by atoms with van der Waals surface area (Å²) in [5.41, 5.74) is 7.22. The van der Waals surface area contributed by atoms with Gasteiger partial charge in [-0.05, 0) is 36.5 Å². The number of piperidine rings is 1. The third kappa shape index (κ3) is 3.73. The van der Waals surface area contributed by atoms with Crippen molar-refractivity contribution in [1.82, 2.24) is 4.90 Å². The van der Waals surface area contributed by atoms with Gasteiger partial charge in [0.25, 0.3) is 0 Å². The highest BCUT2D eigenvalue weighted by atomic mass is 79.9. The molecule has 0 bridgehead atoms. The van der Waals surface area contributed by atoms with E-state index in [2.05, 4.69) is 44.9 Å². The fraction of sp³-hybridized carbons (Fsp3) is 0.500. The van der Waals surface area contributed by atoms with E-state index in [0.717, 1.165) is 23.5 Å². The molecule has 4 heteroatoms. The van der Waals surface area contributed by atoms with E-state index in [1.54, 1.807) is 0 Å². The largest absolute Gasteiger partial charge is 0.370 e. The van der Waals surface area contributed by atoms with Crippen molar-refractivity contribution < 1.29 is 0 Å². The molecule has 0 unspecified atom stereocenters. The first-order valence-electron chi connectivity index (χ1n) is 6.44. The molecular formula is C14H20BrN3. The third-order valence-electron chi connectivity index (χ3n) is 3.44. The molecule has 0 aromatic heterocycles. The fourth-order valence-corrected chi connectivity index (χ4v) is 2.36. The first-order chi connectivity index (χ1) is 8.65. The topological polar surface area (TPSA) is 41.6 Å². The van der Waals surface area contributed by atoms with Gasteiger partial charge in [0.05, 0.1) is 6.54 Å². The molecule has 1 saturated heterocycles. The standard InChI is InChI=1S/C14H20BrN3/c1-11-6-8-18(9-7-11)14(16)17-10-12-2-4-13(15)5-3-12/h2-5,11H,6-10H2,1H3,(H2,16,17). The lowest BCUT2D eigenvalue weighted by molar-refractivity contribution is 0.277. The van der Waals surface area contributed by atoms with Gasteiger partial charge in [0.2, 0.25) is 0 Å². The van der Waals surface area contributed by atoms with Crippen LogP contribution in [0.25, 0.3) is 0 Å². The second-order valence-electron chi connectivity index (χ2n) is 4.97. The van der Waals surface area contributed by atoms with Crippen molar-refractivity contribution in [2.75, 3.05) is 13.1 Å². The van der Waals surface area contributed by atoms with Crippen LogP contribution in [0.4, 0.5) is 0 Å². The lowest BCUT2D eigenvalue weighted by Gasteiger charge is -2.31. The zero-order chi connectivity index (χ0) is 13.0. The number of likely N-dealkylation sites (tertiary alicyclic amines) is 1. The molecule has 18 heavy (non-hydrogen) atoms. The molecule has 0 saturated carbocycles. The third-order valence-corrected chi connectivity index (χ3v) is 3.97. The van der Waals surface area contributed by atoms with Crippen LogP contribution in [0.5, 0.6) is 0 Å². The van der Waals surface area contributed by atoms with Gasteiger partial charge in [-0.1, -0.05) is 35.0 Å². The molecule has 0 aliphatic carbocycles. The van der Waals surface area contributed by atoms with Crippen LogP contribution in [0.15, 0.2) is 33.7 Å². The van der Waals surface area contributed by atoms with E-state index in [9.17, 15) is 0 Å². The number of guanidine groups is 1. The fourth-order valence-electron chi connectivity index (χ4n) is 2.10. The maximum absolute atomic E-state index is 6.04. The van der Waals surface area contributed by atoms with Gasteiger partial charge >= 0.3 is 0 Å². The first kappa shape index (κ1) is 13.4. The first-order valence-corrected chi connectivity index (χ1v) is 7.24. The van der Waals surface area contributed by atoms with Crippen LogP contribution < -0.4 is 5.73 Å². The maximum Gasteiger partial charge on any atom is 0.191 e. The molecule has 2 N–H and O–H groups in total. The zero-order valence-corrected chi connectivity index (χ0v) is 12.4. The minimum Gasteiger partial charge on any atom is -0.370 e. The quantitative estimate of drug-likeness (QED) is 0.674. The van der Waals surface area contributed by atoms with Gasteiger partial charge in [-0.3, -0.25) is 0 Å². The van der Waals surface area contributed by atoms with E-state index in [1.807, 2.05) is 12.1 Å². The summed E-state index contributed by atoms with van der Waals surface area (Å²) >= 11 is 3.42. The molecule has 0 radical (unpaired) electrons. The van der Waals surface area contributed by atoms with Crippen LogP contribution in [0.3, 0.4) is 0 Å². The smallest absolute Gasteiger partial charge is 0.191 e. The summed E-state index contributed by atoms with van der Waals surface area (Å²) in [5.74, 6) is 1.50. The Morgan fingerprint density at radius 2 is 1.94 bits per heavy atom. The summed E-state index contributed by atoms with van der Waals surface area (Å²) in [4.78, 5) is 6.67. The Hall–Kier alpha value is -1.03. The van der Waals surface area contributed by atoms with Crippen molar-refractivity contribution in [2.45, 2.75) is 26.3 Å². The van der Waals surface area contributed by atoms with E-state index in [0.29, 0.717) is 12.5 Å². The van der Waals surface area contributed by atoms with Crippen LogP contribution in [-0.2, 0) is 6.54 Å². The second kappa shape index (κ2) is 6.23. The molecule has 1 aromatic rings. The van der Waals surface area contributed by atoms with Crippen molar-refractivity contribution in [3.63, 3.8) is 0 Å². The number of hydrogen-bond donors (Lipinski definition) is 1. The minimum absolute atomic E-state index is 0.658. The average Bonchev–Trinajstić information content (AvgIpc) is 2.38. The molecule has 2 rings (SSSR count). The lowest BCUT2D eigenvalue weighted by atomic mass is 10.00. The Balaban J connectivity index is 1.90. The summed E-state index contributed by atoms with van der Waals surface area (Å²) in [6, 6.07) is 8.20. The molecule has 1 heterocycles. The molecular weight excluding hydrogens is 290 g/mol. The number of nitrogens with two attached hydrogens (primary N) is 1. The summed E-state index contributed by atoms with van der Waals surface area (Å²) in [6.07, 6.45) is 2.43. The van der Waals surface area contributed by atoms with Gasteiger partial charge in [0.1, 0.15) is 0 Å². The van der Waals surface area contributed by atoms with Gasteiger partial charge in [-0.15, -0.1) is 0 Å². The number of hydrogen-bond acceptors (Lipinski definition) is 1. The molecule has 1 aliphatic rings. The van der Waals surface area contributed by atoms with E-state index in [4.69, 9.17) is 5.73 Å². The van der Waals surface area contributed by atoms with Gasteiger partial charge in [-0.25, -0.2) is 4.99 Å². The van der Waals surface area contributed by atoms with E-state index in [1.165, 1.54) is 18.4 Å². The Labute approximate surface area is 117 Å². The minimum atomic E-state index is 0.658. The van der Waals surface area contributed by atoms with Crippen LogP contribution in [-0.4, -0.2) is 23.9 Å². The van der Waals surface area contributed by atoms with Crippen LogP contribution in [0.1, 0.15) is 25.3 Å². The van der Waals surface area contributed by atoms with Gasteiger partial charge < -0.3 is 10.6 Å². The zero-order valence-electron chi connectivity index (χ0n) is 10.8. The van der Waals surface area contributed by atoms with Gasteiger partial charge in [-0.2, -0.15) is 0 Å². The highest BCUT2D eigenvalue weighted by Gasteiger charge is 2.16. The Bertz CT molecular complexity index is 406. The SMILES string of the molecule is CC1CCN(C(N)=NCc2ccc(Br)cc2)CC1. The van der Waals surface area contributed by atoms with Crippen molar-refractivity contribution in [3.8, 4) is 0 Å². The summed E-state index contributed by atoms with van der Waals surface area (Å²) in [7, 11) is 0. The maximum atomic E-state index is 6.04. The average molecular weight is 310 g/mol. The molecule has 0 amide bonds. The highest BCUT2D eigenvalue weighted by Crippen LogP contribution is 2.16. The molecule has 1 aliphatic heterocycles. The van der Waals surface area contributed by atoms with Crippen molar-refractivity contribution >= 4 is 21.9 Å². The second-order valence-corrected chi connectivity index (χ2v) is 5.89. The highest BCUT2D eigenvalue weighted by molar-refractivity contribution is 9.10. The monoisotopic (exact) mass is 309 g/mol. The Kier molecular flexibility index (Phi) is 4.64. The summed E-state index contributed by atoms with van der Waals surface area (Å²) in [6.45, 7) is 5.03. The van der Waals surface area contributed by atoms with E-state index in [-0.39, 0.29) is 0 Å². The van der Waals surface area contributed by atoms with Crippen LogP contribution in [0.2, 0.25) is 0 Å². The van der Waals surface area contributed by atoms with Crippen molar-refractivity contribution in [2.24, 2.45) is 16.6 Å². The summed E-state index contributed by atoms with van der Waals surface area (Å²) < 4.78 is 1.09. The predicted octanol–water partition coefficient (Wildman–Crippen LogP) is 3.00.